The number of alkyl halides is 1. The third-order valence-corrected chi connectivity index (χ3v) is 3.16. The smallest absolute Gasteiger partial charge is 0.122 e. The second-order valence-electron chi connectivity index (χ2n) is 4.15. The summed E-state index contributed by atoms with van der Waals surface area (Å²) in [5.41, 5.74) is 1.14. The number of para-hydroxylation sites is 1. The van der Waals surface area contributed by atoms with E-state index < -0.39 is 0 Å². The van der Waals surface area contributed by atoms with Gasteiger partial charge in [-0.15, -0.1) is 0 Å². The molecule has 1 N–H and O–H groups in total. The molecule has 88 valence electrons. The molecule has 1 fully saturated rings. The van der Waals surface area contributed by atoms with Gasteiger partial charge in [-0.2, -0.15) is 0 Å². The Balaban J connectivity index is 2.24. The van der Waals surface area contributed by atoms with Crippen LogP contribution in [0.4, 0.5) is 4.39 Å². The van der Waals surface area contributed by atoms with E-state index in [0.29, 0.717) is 6.61 Å². The van der Waals surface area contributed by atoms with Crippen LogP contribution < -0.4 is 10.1 Å². The van der Waals surface area contributed by atoms with Gasteiger partial charge in [-0.3, -0.25) is 4.39 Å². The van der Waals surface area contributed by atoms with Crippen molar-refractivity contribution in [3.8, 4) is 5.75 Å². The number of hydrogen-bond acceptors (Lipinski definition) is 2. The van der Waals surface area contributed by atoms with Crippen molar-refractivity contribution >= 4 is 0 Å². The van der Waals surface area contributed by atoms with Gasteiger partial charge >= 0.3 is 0 Å². The van der Waals surface area contributed by atoms with Gasteiger partial charge in [0.15, 0.2) is 0 Å². The van der Waals surface area contributed by atoms with Crippen molar-refractivity contribution in [2.24, 2.45) is 5.92 Å². The number of benzene rings is 1. The van der Waals surface area contributed by atoms with Crippen molar-refractivity contribution in [3.63, 3.8) is 0 Å². The number of rotatable bonds is 4. The maximum absolute atomic E-state index is 12.9. The van der Waals surface area contributed by atoms with E-state index in [-0.39, 0.29) is 18.5 Å². The van der Waals surface area contributed by atoms with Gasteiger partial charge in [-0.1, -0.05) is 18.2 Å². The second-order valence-corrected chi connectivity index (χ2v) is 4.15. The van der Waals surface area contributed by atoms with E-state index in [0.717, 1.165) is 24.4 Å². The maximum atomic E-state index is 12.9. The standard InChI is InChI=1S/C13H18FNO/c1-2-16-13-6-4-3-5-11(13)12-9-15-8-10(12)7-14/h3-6,10,12,15H,2,7-9H2,1H3. The molecule has 0 aromatic heterocycles. The maximum Gasteiger partial charge on any atom is 0.122 e. The minimum absolute atomic E-state index is 0.0848. The minimum atomic E-state index is -0.266. The topological polar surface area (TPSA) is 21.3 Å². The summed E-state index contributed by atoms with van der Waals surface area (Å²) in [6.07, 6.45) is 0. The molecule has 3 heteroatoms. The Labute approximate surface area is 95.8 Å². The Morgan fingerprint density at radius 3 is 2.94 bits per heavy atom. The van der Waals surface area contributed by atoms with Crippen molar-refractivity contribution in [2.75, 3.05) is 26.4 Å². The highest BCUT2D eigenvalue weighted by molar-refractivity contribution is 5.37. The monoisotopic (exact) mass is 223 g/mol. The fraction of sp³-hybridized carbons (Fsp3) is 0.538. The van der Waals surface area contributed by atoms with Crippen molar-refractivity contribution in [3.05, 3.63) is 29.8 Å². The van der Waals surface area contributed by atoms with Gasteiger partial charge in [-0.05, 0) is 18.6 Å². The van der Waals surface area contributed by atoms with E-state index >= 15 is 0 Å². The summed E-state index contributed by atoms with van der Waals surface area (Å²) in [7, 11) is 0. The molecule has 2 unspecified atom stereocenters. The summed E-state index contributed by atoms with van der Waals surface area (Å²) in [6.45, 7) is 3.96. The average Bonchev–Trinajstić information content (AvgIpc) is 2.78. The second kappa shape index (κ2) is 5.30. The summed E-state index contributed by atoms with van der Waals surface area (Å²) in [4.78, 5) is 0. The van der Waals surface area contributed by atoms with Gasteiger partial charge in [0.1, 0.15) is 5.75 Å². The lowest BCUT2D eigenvalue weighted by molar-refractivity contribution is 0.321. The Hall–Kier alpha value is -1.09. The first kappa shape index (κ1) is 11.4. The van der Waals surface area contributed by atoms with Crippen molar-refractivity contribution < 1.29 is 9.13 Å². The summed E-state index contributed by atoms with van der Waals surface area (Å²) < 4.78 is 18.5. The highest BCUT2D eigenvalue weighted by Gasteiger charge is 2.30. The zero-order valence-corrected chi connectivity index (χ0v) is 9.58. The first-order valence-electron chi connectivity index (χ1n) is 5.85. The molecule has 1 heterocycles. The van der Waals surface area contributed by atoms with Gasteiger partial charge in [0.25, 0.3) is 0 Å². The lowest BCUT2D eigenvalue weighted by Crippen LogP contribution is -2.13. The molecule has 0 spiro atoms. The quantitative estimate of drug-likeness (QED) is 0.846. The molecule has 16 heavy (non-hydrogen) atoms. The lowest BCUT2D eigenvalue weighted by atomic mass is 9.89. The van der Waals surface area contributed by atoms with Crippen LogP contribution in [-0.4, -0.2) is 26.4 Å². The molecule has 1 aliphatic heterocycles. The highest BCUT2D eigenvalue weighted by Crippen LogP contribution is 2.34. The van der Waals surface area contributed by atoms with E-state index in [2.05, 4.69) is 5.32 Å². The molecule has 2 atom stereocenters. The highest BCUT2D eigenvalue weighted by atomic mass is 19.1. The number of ether oxygens (including phenoxy) is 1. The summed E-state index contributed by atoms with van der Waals surface area (Å²) in [5, 5.41) is 3.25. The molecule has 2 nitrogen and oxygen atoms in total. The van der Waals surface area contributed by atoms with Crippen LogP contribution in [0.1, 0.15) is 18.4 Å². The third-order valence-electron chi connectivity index (χ3n) is 3.16. The molecular formula is C13H18FNO. The van der Waals surface area contributed by atoms with Crippen molar-refractivity contribution in [1.29, 1.82) is 0 Å². The number of hydrogen-bond donors (Lipinski definition) is 1. The molecule has 0 radical (unpaired) electrons. The van der Waals surface area contributed by atoms with E-state index in [9.17, 15) is 4.39 Å². The molecule has 1 aliphatic rings. The minimum Gasteiger partial charge on any atom is -0.494 e. The van der Waals surface area contributed by atoms with Crippen molar-refractivity contribution in [1.82, 2.24) is 5.32 Å². The molecule has 1 aromatic rings. The van der Waals surface area contributed by atoms with Crippen LogP contribution in [0.3, 0.4) is 0 Å². The largest absolute Gasteiger partial charge is 0.494 e. The molecule has 2 rings (SSSR count). The van der Waals surface area contributed by atoms with Crippen molar-refractivity contribution in [2.45, 2.75) is 12.8 Å². The summed E-state index contributed by atoms with van der Waals surface area (Å²) in [5.74, 6) is 1.23. The molecule has 0 saturated carbocycles. The van der Waals surface area contributed by atoms with E-state index in [1.54, 1.807) is 0 Å². The van der Waals surface area contributed by atoms with Crippen LogP contribution in [0.15, 0.2) is 24.3 Å². The van der Waals surface area contributed by atoms with Crippen LogP contribution in [0, 0.1) is 5.92 Å². The van der Waals surface area contributed by atoms with Crippen LogP contribution in [0.5, 0.6) is 5.75 Å². The summed E-state index contributed by atoms with van der Waals surface area (Å²) in [6, 6.07) is 7.96. The Bertz CT molecular complexity index is 342. The van der Waals surface area contributed by atoms with Gasteiger partial charge in [0, 0.05) is 24.9 Å². The number of nitrogens with one attached hydrogen (secondary N) is 1. The van der Waals surface area contributed by atoms with Gasteiger partial charge in [0.2, 0.25) is 0 Å². The lowest BCUT2D eigenvalue weighted by Gasteiger charge is -2.19. The van der Waals surface area contributed by atoms with Crippen LogP contribution in [0.2, 0.25) is 0 Å². The first-order chi connectivity index (χ1) is 7.86. The van der Waals surface area contributed by atoms with Crippen LogP contribution in [-0.2, 0) is 0 Å². The molecule has 0 bridgehead atoms. The van der Waals surface area contributed by atoms with Gasteiger partial charge in [-0.25, -0.2) is 0 Å². The Morgan fingerprint density at radius 1 is 1.38 bits per heavy atom. The first-order valence-corrected chi connectivity index (χ1v) is 5.85. The Kier molecular flexibility index (Phi) is 3.78. The zero-order valence-electron chi connectivity index (χ0n) is 9.58. The van der Waals surface area contributed by atoms with Crippen LogP contribution in [0.25, 0.3) is 0 Å². The predicted octanol–water partition coefficient (Wildman–Crippen LogP) is 2.36. The van der Waals surface area contributed by atoms with E-state index in [1.807, 2.05) is 31.2 Å². The molecule has 1 aromatic carbocycles. The molecular weight excluding hydrogens is 205 g/mol. The summed E-state index contributed by atoms with van der Waals surface area (Å²) >= 11 is 0. The van der Waals surface area contributed by atoms with Gasteiger partial charge in [0.05, 0.1) is 13.3 Å². The van der Waals surface area contributed by atoms with Crippen LogP contribution >= 0.6 is 0 Å². The molecule has 1 saturated heterocycles. The van der Waals surface area contributed by atoms with Gasteiger partial charge < -0.3 is 10.1 Å². The SMILES string of the molecule is CCOc1ccccc1C1CNCC1CF. The Morgan fingerprint density at radius 2 is 2.19 bits per heavy atom. The van der Waals surface area contributed by atoms with E-state index in [4.69, 9.17) is 4.74 Å². The van der Waals surface area contributed by atoms with E-state index in [1.165, 1.54) is 0 Å². The normalized spacial score (nSPS) is 24.6. The fourth-order valence-corrected chi connectivity index (χ4v) is 2.33. The zero-order chi connectivity index (χ0) is 11.4. The average molecular weight is 223 g/mol. The fourth-order valence-electron chi connectivity index (χ4n) is 2.33. The molecule has 0 aliphatic carbocycles. The third kappa shape index (κ3) is 2.19. The number of halogens is 1. The predicted molar refractivity (Wildman–Crippen MR) is 62.7 cm³/mol. The molecule has 0 amide bonds.